The summed E-state index contributed by atoms with van der Waals surface area (Å²) in [6, 6.07) is 0. The second-order valence-corrected chi connectivity index (χ2v) is 7.32. The molecule has 2 atom stereocenters. The van der Waals surface area contributed by atoms with Gasteiger partial charge in [0.05, 0.1) is 25.6 Å². The SMILES string of the molecule is CCCCCCCCCCOC(=O)C(C)CC(=O)OCC(C)CCC. The lowest BCUT2D eigenvalue weighted by Crippen LogP contribution is -2.21. The molecule has 0 aromatic carbocycles. The van der Waals surface area contributed by atoms with Crippen LogP contribution in [0.4, 0.5) is 0 Å². The minimum absolute atomic E-state index is 0.106. The fourth-order valence-electron chi connectivity index (χ4n) is 2.75. The molecule has 2 unspecified atom stereocenters. The van der Waals surface area contributed by atoms with E-state index in [4.69, 9.17) is 9.47 Å². The summed E-state index contributed by atoms with van der Waals surface area (Å²) in [6.07, 6.45) is 12.0. The Labute approximate surface area is 155 Å². The zero-order valence-electron chi connectivity index (χ0n) is 17.0. The molecule has 0 aliphatic rings. The van der Waals surface area contributed by atoms with Crippen LogP contribution >= 0.6 is 0 Å². The maximum Gasteiger partial charge on any atom is 0.309 e. The molecule has 0 saturated carbocycles. The Hall–Kier alpha value is -1.06. The molecule has 4 nitrogen and oxygen atoms in total. The molecule has 148 valence electrons. The molecule has 0 fully saturated rings. The van der Waals surface area contributed by atoms with Gasteiger partial charge in [-0.25, -0.2) is 0 Å². The molecule has 0 saturated heterocycles. The average Bonchev–Trinajstić information content (AvgIpc) is 2.58. The topological polar surface area (TPSA) is 52.6 Å². The molecule has 0 aromatic heterocycles. The van der Waals surface area contributed by atoms with Gasteiger partial charge in [-0.1, -0.05) is 79.1 Å². The number of esters is 2. The second-order valence-electron chi connectivity index (χ2n) is 7.32. The van der Waals surface area contributed by atoms with Crippen molar-refractivity contribution in [3.63, 3.8) is 0 Å². The van der Waals surface area contributed by atoms with Gasteiger partial charge in [0, 0.05) is 0 Å². The van der Waals surface area contributed by atoms with Crippen molar-refractivity contribution >= 4 is 11.9 Å². The van der Waals surface area contributed by atoms with Crippen LogP contribution in [0.25, 0.3) is 0 Å². The Morgan fingerprint density at radius 1 is 0.800 bits per heavy atom. The van der Waals surface area contributed by atoms with Gasteiger partial charge in [-0.2, -0.15) is 0 Å². The van der Waals surface area contributed by atoms with Crippen molar-refractivity contribution in [2.45, 2.75) is 98.3 Å². The van der Waals surface area contributed by atoms with Crippen molar-refractivity contribution in [2.75, 3.05) is 13.2 Å². The monoisotopic (exact) mass is 356 g/mol. The van der Waals surface area contributed by atoms with Crippen molar-refractivity contribution < 1.29 is 19.1 Å². The first-order valence-corrected chi connectivity index (χ1v) is 10.3. The number of carbonyl (C=O) groups excluding carboxylic acids is 2. The fourth-order valence-corrected chi connectivity index (χ4v) is 2.75. The van der Waals surface area contributed by atoms with E-state index in [0.29, 0.717) is 19.1 Å². The molecule has 0 aromatic rings. The van der Waals surface area contributed by atoms with E-state index in [0.717, 1.165) is 25.7 Å². The van der Waals surface area contributed by atoms with Crippen LogP contribution in [0.3, 0.4) is 0 Å². The lowest BCUT2D eigenvalue weighted by molar-refractivity contribution is -0.155. The van der Waals surface area contributed by atoms with E-state index in [2.05, 4.69) is 20.8 Å². The zero-order valence-corrected chi connectivity index (χ0v) is 17.0. The highest BCUT2D eigenvalue weighted by atomic mass is 16.5. The molecular formula is C21H40O4. The van der Waals surface area contributed by atoms with Gasteiger partial charge >= 0.3 is 11.9 Å². The molecule has 0 bridgehead atoms. The van der Waals surface area contributed by atoms with Crippen LogP contribution in [0.5, 0.6) is 0 Å². The van der Waals surface area contributed by atoms with E-state index in [1.807, 2.05) is 0 Å². The van der Waals surface area contributed by atoms with Crippen molar-refractivity contribution in [2.24, 2.45) is 11.8 Å². The number of carbonyl (C=O) groups is 2. The predicted molar refractivity (Wildman–Crippen MR) is 102 cm³/mol. The molecule has 0 radical (unpaired) electrons. The molecule has 0 spiro atoms. The number of rotatable bonds is 16. The molecule has 0 aliphatic carbocycles. The van der Waals surface area contributed by atoms with Crippen LogP contribution in [0.15, 0.2) is 0 Å². The first-order valence-electron chi connectivity index (χ1n) is 10.3. The third kappa shape index (κ3) is 14.9. The Bertz CT molecular complexity index is 341. The van der Waals surface area contributed by atoms with Crippen molar-refractivity contribution in [3.8, 4) is 0 Å². The lowest BCUT2D eigenvalue weighted by Gasteiger charge is -2.13. The van der Waals surface area contributed by atoms with Crippen LogP contribution in [-0.4, -0.2) is 25.2 Å². The van der Waals surface area contributed by atoms with Gasteiger partial charge in [0.2, 0.25) is 0 Å². The molecule has 25 heavy (non-hydrogen) atoms. The normalized spacial score (nSPS) is 13.3. The van der Waals surface area contributed by atoms with Gasteiger partial charge in [0.15, 0.2) is 0 Å². The van der Waals surface area contributed by atoms with Crippen molar-refractivity contribution in [3.05, 3.63) is 0 Å². The summed E-state index contributed by atoms with van der Waals surface area (Å²) in [6.45, 7) is 9.03. The summed E-state index contributed by atoms with van der Waals surface area (Å²) in [5.74, 6) is -0.651. The zero-order chi connectivity index (χ0) is 18.9. The van der Waals surface area contributed by atoms with Gasteiger partial charge < -0.3 is 9.47 Å². The highest BCUT2D eigenvalue weighted by molar-refractivity contribution is 5.79. The van der Waals surface area contributed by atoms with E-state index in [1.54, 1.807) is 6.92 Å². The first-order chi connectivity index (χ1) is 12.0. The van der Waals surface area contributed by atoms with Gasteiger partial charge in [0.1, 0.15) is 0 Å². The Kier molecular flexibility index (Phi) is 15.7. The van der Waals surface area contributed by atoms with Crippen LogP contribution < -0.4 is 0 Å². The Balaban J connectivity index is 3.63. The maximum absolute atomic E-state index is 11.9. The highest BCUT2D eigenvalue weighted by Crippen LogP contribution is 2.11. The third-order valence-corrected chi connectivity index (χ3v) is 4.43. The van der Waals surface area contributed by atoms with Crippen molar-refractivity contribution in [1.29, 1.82) is 0 Å². The summed E-state index contributed by atoms with van der Waals surface area (Å²) in [7, 11) is 0. The van der Waals surface area contributed by atoms with Gasteiger partial charge in [-0.15, -0.1) is 0 Å². The van der Waals surface area contributed by atoms with Crippen LogP contribution in [-0.2, 0) is 19.1 Å². The quantitative estimate of drug-likeness (QED) is 0.264. The van der Waals surface area contributed by atoms with Gasteiger partial charge in [-0.3, -0.25) is 9.59 Å². The standard InChI is InChI=1S/C21H40O4/c1-5-7-8-9-10-11-12-13-15-24-21(23)19(4)16-20(22)25-17-18(3)14-6-2/h18-19H,5-17H2,1-4H3. The molecule has 0 aliphatic heterocycles. The smallest absolute Gasteiger partial charge is 0.309 e. The third-order valence-electron chi connectivity index (χ3n) is 4.43. The minimum Gasteiger partial charge on any atom is -0.465 e. The van der Waals surface area contributed by atoms with Crippen LogP contribution in [0.1, 0.15) is 98.3 Å². The number of hydrogen-bond donors (Lipinski definition) is 0. The number of ether oxygens (including phenoxy) is 2. The average molecular weight is 357 g/mol. The van der Waals surface area contributed by atoms with E-state index in [-0.39, 0.29) is 18.4 Å². The molecule has 0 N–H and O–H groups in total. The maximum atomic E-state index is 11.9. The lowest BCUT2D eigenvalue weighted by atomic mass is 10.1. The Morgan fingerprint density at radius 2 is 1.40 bits per heavy atom. The fraction of sp³-hybridized carbons (Fsp3) is 0.905. The second kappa shape index (κ2) is 16.4. The molecule has 0 rings (SSSR count). The molecule has 0 heterocycles. The van der Waals surface area contributed by atoms with Crippen molar-refractivity contribution in [1.82, 2.24) is 0 Å². The van der Waals surface area contributed by atoms with E-state index in [9.17, 15) is 9.59 Å². The van der Waals surface area contributed by atoms with Gasteiger partial charge in [0.25, 0.3) is 0 Å². The molecule has 4 heteroatoms. The predicted octanol–water partition coefficient (Wildman–Crippen LogP) is 5.68. The summed E-state index contributed by atoms with van der Waals surface area (Å²) >= 11 is 0. The minimum atomic E-state index is -0.428. The highest BCUT2D eigenvalue weighted by Gasteiger charge is 2.19. The van der Waals surface area contributed by atoms with E-state index < -0.39 is 5.92 Å². The van der Waals surface area contributed by atoms with E-state index >= 15 is 0 Å². The summed E-state index contributed by atoms with van der Waals surface area (Å²) in [4.78, 5) is 23.7. The first kappa shape index (κ1) is 23.9. The van der Waals surface area contributed by atoms with Crippen LogP contribution in [0.2, 0.25) is 0 Å². The molecule has 0 amide bonds. The van der Waals surface area contributed by atoms with Gasteiger partial charge in [-0.05, 0) is 18.8 Å². The summed E-state index contributed by atoms with van der Waals surface area (Å²) < 4.78 is 10.5. The molecular weight excluding hydrogens is 316 g/mol. The van der Waals surface area contributed by atoms with Crippen LogP contribution in [0, 0.1) is 11.8 Å². The summed E-state index contributed by atoms with van der Waals surface area (Å²) in [5, 5.41) is 0. The van der Waals surface area contributed by atoms with E-state index in [1.165, 1.54) is 38.5 Å². The number of unbranched alkanes of at least 4 members (excludes halogenated alkanes) is 7. The Morgan fingerprint density at radius 3 is 2.00 bits per heavy atom. The summed E-state index contributed by atoms with van der Waals surface area (Å²) in [5.41, 5.74) is 0. The number of hydrogen-bond acceptors (Lipinski definition) is 4. The largest absolute Gasteiger partial charge is 0.465 e.